The Bertz CT molecular complexity index is 126. The zero-order valence-corrected chi connectivity index (χ0v) is 11.7. The largest absolute Gasteiger partial charge is 0.0654 e. The van der Waals surface area contributed by atoms with E-state index >= 15 is 0 Å². The van der Waals surface area contributed by atoms with Crippen LogP contribution in [-0.4, -0.2) is 0 Å². The standard InChI is InChI=1S/C15H32/c1-6-7-8-10-14(4)11-9-12-15(5)13(2)3/h13-15H,6-12H2,1-5H3. The van der Waals surface area contributed by atoms with E-state index in [2.05, 4.69) is 34.6 Å². The van der Waals surface area contributed by atoms with Crippen LogP contribution < -0.4 is 0 Å². The number of hydrogen-bond donors (Lipinski definition) is 0. The molecule has 0 N–H and O–H groups in total. The SMILES string of the molecule is CCCCCC(C)CCCC(C)C(C)C. The van der Waals surface area contributed by atoms with Crippen LogP contribution >= 0.6 is 0 Å². The Hall–Kier alpha value is 0. The third-order valence-electron chi connectivity index (χ3n) is 3.79. The molecule has 0 heteroatoms. The summed E-state index contributed by atoms with van der Waals surface area (Å²) in [4.78, 5) is 0. The van der Waals surface area contributed by atoms with Gasteiger partial charge in [0.05, 0.1) is 0 Å². The molecule has 0 bridgehead atoms. The average Bonchev–Trinajstić information content (AvgIpc) is 2.18. The van der Waals surface area contributed by atoms with Gasteiger partial charge in [-0.2, -0.15) is 0 Å². The molecule has 0 rings (SSSR count). The summed E-state index contributed by atoms with van der Waals surface area (Å²) >= 11 is 0. The maximum atomic E-state index is 2.43. The van der Waals surface area contributed by atoms with Crippen LogP contribution in [0.15, 0.2) is 0 Å². The van der Waals surface area contributed by atoms with Crippen LogP contribution in [0.1, 0.15) is 79.6 Å². The van der Waals surface area contributed by atoms with Crippen molar-refractivity contribution >= 4 is 0 Å². The van der Waals surface area contributed by atoms with Gasteiger partial charge in [-0.25, -0.2) is 0 Å². The van der Waals surface area contributed by atoms with Crippen molar-refractivity contribution in [3.63, 3.8) is 0 Å². The second-order valence-corrected chi connectivity index (χ2v) is 5.75. The van der Waals surface area contributed by atoms with E-state index in [-0.39, 0.29) is 0 Å². The van der Waals surface area contributed by atoms with Crippen LogP contribution in [0.2, 0.25) is 0 Å². The molecule has 2 unspecified atom stereocenters. The summed E-state index contributed by atoms with van der Waals surface area (Å²) in [5.41, 5.74) is 0. The molecule has 15 heavy (non-hydrogen) atoms. The quantitative estimate of drug-likeness (QED) is 0.432. The van der Waals surface area contributed by atoms with E-state index in [1.165, 1.54) is 44.9 Å². The van der Waals surface area contributed by atoms with E-state index in [1.807, 2.05) is 0 Å². The molecule has 2 atom stereocenters. The lowest BCUT2D eigenvalue weighted by Gasteiger charge is -2.16. The summed E-state index contributed by atoms with van der Waals surface area (Å²) in [6.45, 7) is 11.8. The van der Waals surface area contributed by atoms with Crippen LogP contribution in [0.4, 0.5) is 0 Å². The van der Waals surface area contributed by atoms with Crippen LogP contribution in [0.3, 0.4) is 0 Å². The molecule has 0 aromatic carbocycles. The van der Waals surface area contributed by atoms with Crippen molar-refractivity contribution in [2.45, 2.75) is 79.6 Å². The second-order valence-electron chi connectivity index (χ2n) is 5.75. The predicted molar refractivity (Wildman–Crippen MR) is 71.2 cm³/mol. The van der Waals surface area contributed by atoms with Gasteiger partial charge in [0, 0.05) is 0 Å². The monoisotopic (exact) mass is 212 g/mol. The molecule has 0 amide bonds. The van der Waals surface area contributed by atoms with Gasteiger partial charge in [-0.05, 0) is 17.8 Å². The topological polar surface area (TPSA) is 0 Å². The zero-order valence-electron chi connectivity index (χ0n) is 11.7. The minimum atomic E-state index is 0.861. The first-order chi connectivity index (χ1) is 7.07. The van der Waals surface area contributed by atoms with Crippen LogP contribution in [0.25, 0.3) is 0 Å². The Morgan fingerprint density at radius 1 is 0.733 bits per heavy atom. The zero-order chi connectivity index (χ0) is 11.7. The van der Waals surface area contributed by atoms with E-state index in [9.17, 15) is 0 Å². The van der Waals surface area contributed by atoms with Gasteiger partial charge in [0.2, 0.25) is 0 Å². The first kappa shape index (κ1) is 15.0. The minimum Gasteiger partial charge on any atom is -0.0654 e. The Balaban J connectivity index is 3.34. The smallest absolute Gasteiger partial charge is 0.0420 e. The molecule has 0 nitrogen and oxygen atoms in total. The van der Waals surface area contributed by atoms with Crippen molar-refractivity contribution < 1.29 is 0 Å². The highest BCUT2D eigenvalue weighted by Gasteiger charge is 2.08. The average molecular weight is 212 g/mol. The number of hydrogen-bond acceptors (Lipinski definition) is 0. The molecule has 0 aromatic rings. The molecule has 0 aliphatic rings. The summed E-state index contributed by atoms with van der Waals surface area (Å²) in [5, 5.41) is 0. The van der Waals surface area contributed by atoms with Gasteiger partial charge in [-0.3, -0.25) is 0 Å². The minimum absolute atomic E-state index is 0.861. The summed E-state index contributed by atoms with van der Waals surface area (Å²) in [6, 6.07) is 0. The lowest BCUT2D eigenvalue weighted by Crippen LogP contribution is -2.04. The lowest BCUT2D eigenvalue weighted by molar-refractivity contribution is 0.354. The molecular weight excluding hydrogens is 180 g/mol. The van der Waals surface area contributed by atoms with Crippen molar-refractivity contribution in [1.82, 2.24) is 0 Å². The number of rotatable bonds is 9. The van der Waals surface area contributed by atoms with Crippen molar-refractivity contribution in [1.29, 1.82) is 0 Å². The summed E-state index contributed by atoms with van der Waals surface area (Å²) in [5.74, 6) is 2.73. The third-order valence-corrected chi connectivity index (χ3v) is 3.79. The van der Waals surface area contributed by atoms with Gasteiger partial charge in [0.25, 0.3) is 0 Å². The highest BCUT2D eigenvalue weighted by Crippen LogP contribution is 2.21. The Morgan fingerprint density at radius 2 is 1.33 bits per heavy atom. The van der Waals surface area contributed by atoms with Crippen LogP contribution in [0, 0.1) is 17.8 Å². The molecule has 0 aliphatic heterocycles. The highest BCUT2D eigenvalue weighted by atomic mass is 14.1. The van der Waals surface area contributed by atoms with Crippen molar-refractivity contribution in [3.8, 4) is 0 Å². The van der Waals surface area contributed by atoms with Gasteiger partial charge in [0.1, 0.15) is 0 Å². The highest BCUT2D eigenvalue weighted by molar-refractivity contribution is 4.60. The summed E-state index contributed by atoms with van der Waals surface area (Å²) in [7, 11) is 0. The molecule has 0 aliphatic carbocycles. The molecular formula is C15H32. The van der Waals surface area contributed by atoms with Crippen LogP contribution in [-0.2, 0) is 0 Å². The first-order valence-corrected chi connectivity index (χ1v) is 7.07. The van der Waals surface area contributed by atoms with E-state index in [1.54, 1.807) is 0 Å². The Kier molecular flexibility index (Phi) is 9.24. The van der Waals surface area contributed by atoms with E-state index in [4.69, 9.17) is 0 Å². The molecule has 92 valence electrons. The molecule has 0 saturated heterocycles. The van der Waals surface area contributed by atoms with E-state index in [0.29, 0.717) is 0 Å². The van der Waals surface area contributed by atoms with E-state index < -0.39 is 0 Å². The molecule has 0 heterocycles. The molecule has 0 radical (unpaired) electrons. The van der Waals surface area contributed by atoms with Crippen molar-refractivity contribution in [2.75, 3.05) is 0 Å². The van der Waals surface area contributed by atoms with Crippen molar-refractivity contribution in [2.24, 2.45) is 17.8 Å². The predicted octanol–water partition coefficient (Wildman–Crippen LogP) is 5.67. The van der Waals surface area contributed by atoms with Crippen LogP contribution in [0.5, 0.6) is 0 Å². The maximum absolute atomic E-state index is 2.43. The fourth-order valence-electron chi connectivity index (χ4n) is 2.01. The van der Waals surface area contributed by atoms with Gasteiger partial charge in [0.15, 0.2) is 0 Å². The maximum Gasteiger partial charge on any atom is -0.0420 e. The Morgan fingerprint density at radius 3 is 1.87 bits per heavy atom. The molecule has 0 saturated carbocycles. The molecule has 0 aromatic heterocycles. The fourth-order valence-corrected chi connectivity index (χ4v) is 2.01. The van der Waals surface area contributed by atoms with Crippen molar-refractivity contribution in [3.05, 3.63) is 0 Å². The van der Waals surface area contributed by atoms with Gasteiger partial charge < -0.3 is 0 Å². The summed E-state index contributed by atoms with van der Waals surface area (Å²) < 4.78 is 0. The van der Waals surface area contributed by atoms with Gasteiger partial charge in [-0.15, -0.1) is 0 Å². The lowest BCUT2D eigenvalue weighted by atomic mass is 9.90. The Labute approximate surface area is 97.8 Å². The third kappa shape index (κ3) is 8.96. The molecule has 0 fully saturated rings. The summed E-state index contributed by atoms with van der Waals surface area (Å²) in [6.07, 6.45) is 9.98. The normalized spacial score (nSPS) is 15.6. The van der Waals surface area contributed by atoms with Gasteiger partial charge >= 0.3 is 0 Å². The number of unbranched alkanes of at least 4 members (excludes halogenated alkanes) is 2. The molecule has 0 spiro atoms. The second kappa shape index (κ2) is 9.24. The fraction of sp³-hybridized carbons (Fsp3) is 1.00. The first-order valence-electron chi connectivity index (χ1n) is 7.07. The van der Waals surface area contributed by atoms with E-state index in [0.717, 1.165) is 17.8 Å². The van der Waals surface area contributed by atoms with Gasteiger partial charge in [-0.1, -0.05) is 79.6 Å².